The third-order valence-corrected chi connectivity index (χ3v) is 6.83. The Morgan fingerprint density at radius 1 is 1.20 bits per heavy atom. The molecular formula is C19H26ClN4S+. The van der Waals surface area contributed by atoms with E-state index in [0.717, 1.165) is 39.8 Å². The van der Waals surface area contributed by atoms with Gasteiger partial charge in [-0.05, 0) is 56.5 Å². The molecule has 25 heavy (non-hydrogen) atoms. The van der Waals surface area contributed by atoms with E-state index in [1.165, 1.54) is 45.1 Å². The summed E-state index contributed by atoms with van der Waals surface area (Å²) in [6.45, 7) is 2.11. The molecule has 2 aliphatic rings. The van der Waals surface area contributed by atoms with Gasteiger partial charge >= 0.3 is 0 Å². The van der Waals surface area contributed by atoms with Crippen molar-refractivity contribution in [2.75, 3.05) is 6.54 Å². The lowest BCUT2D eigenvalue weighted by Crippen LogP contribution is -3.17. The van der Waals surface area contributed by atoms with Crippen LogP contribution in [0.5, 0.6) is 0 Å². The average Bonchev–Trinajstić information content (AvgIpc) is 2.91. The molecule has 2 aromatic rings. The molecular weight excluding hydrogens is 352 g/mol. The number of nitrogens with one attached hydrogen (secondary N) is 1. The van der Waals surface area contributed by atoms with Crippen molar-refractivity contribution in [2.24, 2.45) is 13.0 Å². The van der Waals surface area contributed by atoms with Gasteiger partial charge in [-0.2, -0.15) is 4.68 Å². The first-order valence-corrected chi connectivity index (χ1v) is 10.2. The topological polar surface area (TPSA) is 27.2 Å². The van der Waals surface area contributed by atoms with Gasteiger partial charge < -0.3 is 9.47 Å². The molecule has 1 N–H and O–H groups in total. The number of halogens is 1. The number of aromatic nitrogens is 3. The molecule has 1 aliphatic heterocycles. The van der Waals surface area contributed by atoms with Crippen LogP contribution in [0.2, 0.25) is 5.02 Å². The van der Waals surface area contributed by atoms with E-state index in [1.54, 1.807) is 4.90 Å². The fourth-order valence-electron chi connectivity index (χ4n) is 4.72. The van der Waals surface area contributed by atoms with Crippen LogP contribution in [-0.4, -0.2) is 26.9 Å². The van der Waals surface area contributed by atoms with E-state index in [4.69, 9.17) is 28.9 Å². The molecule has 3 atom stereocenters. The normalized spacial score (nSPS) is 26.4. The van der Waals surface area contributed by atoms with Crippen molar-refractivity contribution in [3.8, 4) is 11.4 Å². The van der Waals surface area contributed by atoms with Crippen molar-refractivity contribution in [1.29, 1.82) is 0 Å². The second-order valence-corrected chi connectivity index (χ2v) is 8.28. The van der Waals surface area contributed by atoms with E-state index in [2.05, 4.69) is 0 Å². The Morgan fingerprint density at radius 3 is 2.80 bits per heavy atom. The summed E-state index contributed by atoms with van der Waals surface area (Å²) in [6, 6.07) is 8.63. The molecule has 0 amide bonds. The fraction of sp³-hybridized carbons (Fsp3) is 0.579. The molecule has 0 radical (unpaired) electrons. The van der Waals surface area contributed by atoms with Crippen LogP contribution in [0.1, 0.15) is 38.5 Å². The Morgan fingerprint density at radius 2 is 1.96 bits per heavy atom. The molecule has 4 rings (SSSR count). The zero-order valence-electron chi connectivity index (χ0n) is 14.7. The highest BCUT2D eigenvalue weighted by Gasteiger charge is 2.36. The van der Waals surface area contributed by atoms with Gasteiger partial charge in [-0.25, -0.2) is 0 Å². The fourth-order valence-corrected chi connectivity index (χ4v) is 5.14. The summed E-state index contributed by atoms with van der Waals surface area (Å²) in [7, 11) is 1.99. The molecule has 1 saturated heterocycles. The largest absolute Gasteiger partial charge is 0.314 e. The van der Waals surface area contributed by atoms with Crippen LogP contribution in [0.4, 0.5) is 0 Å². The van der Waals surface area contributed by atoms with Crippen LogP contribution in [0.3, 0.4) is 0 Å². The molecule has 2 heterocycles. The van der Waals surface area contributed by atoms with Gasteiger partial charge in [-0.15, -0.1) is 5.10 Å². The second-order valence-electron chi connectivity index (χ2n) is 7.50. The SMILES string of the molecule is Cn1c(-c2ccccc2Cl)nn(C[NH+]2CCC[C@H]3CCCC[C@@H]32)c1=S. The minimum Gasteiger partial charge on any atom is -0.314 e. The summed E-state index contributed by atoms with van der Waals surface area (Å²) in [5.41, 5.74) is 0.945. The lowest BCUT2D eigenvalue weighted by molar-refractivity contribution is -0.958. The smallest absolute Gasteiger partial charge is 0.202 e. The van der Waals surface area contributed by atoms with E-state index in [-0.39, 0.29) is 0 Å². The molecule has 134 valence electrons. The molecule has 0 spiro atoms. The maximum absolute atomic E-state index is 6.37. The third-order valence-electron chi connectivity index (χ3n) is 6.01. The molecule has 1 aromatic heterocycles. The van der Waals surface area contributed by atoms with E-state index >= 15 is 0 Å². The van der Waals surface area contributed by atoms with Gasteiger partial charge in [0.15, 0.2) is 12.5 Å². The molecule has 1 aliphatic carbocycles. The number of rotatable bonds is 3. The summed E-state index contributed by atoms with van der Waals surface area (Å²) in [4.78, 5) is 1.66. The van der Waals surface area contributed by atoms with E-state index in [9.17, 15) is 0 Å². The number of nitrogens with zero attached hydrogens (tertiary/aromatic N) is 3. The summed E-state index contributed by atoms with van der Waals surface area (Å²) in [5, 5.41) is 5.56. The highest BCUT2D eigenvalue weighted by Crippen LogP contribution is 2.29. The number of likely N-dealkylation sites (tertiary alicyclic amines) is 1. The molecule has 6 heteroatoms. The van der Waals surface area contributed by atoms with Gasteiger partial charge in [0.05, 0.1) is 17.6 Å². The summed E-state index contributed by atoms with van der Waals surface area (Å²) in [5.74, 6) is 1.76. The number of hydrogen-bond donors (Lipinski definition) is 1. The lowest BCUT2D eigenvalue weighted by Gasteiger charge is -2.40. The van der Waals surface area contributed by atoms with Crippen molar-refractivity contribution >= 4 is 23.8 Å². The van der Waals surface area contributed by atoms with Crippen LogP contribution in [0.25, 0.3) is 11.4 Å². The van der Waals surface area contributed by atoms with Crippen molar-refractivity contribution in [3.05, 3.63) is 34.1 Å². The van der Waals surface area contributed by atoms with Crippen molar-refractivity contribution < 1.29 is 4.90 Å². The minimum atomic E-state index is 0.718. The number of fused-ring (bicyclic) bond motifs is 1. The molecule has 0 bridgehead atoms. The Hall–Kier alpha value is -1.17. The van der Waals surface area contributed by atoms with E-state index in [1.807, 2.05) is 40.6 Å². The van der Waals surface area contributed by atoms with Gasteiger partial charge in [0.1, 0.15) is 0 Å². The number of benzene rings is 1. The predicted molar refractivity (Wildman–Crippen MR) is 103 cm³/mol. The quantitative estimate of drug-likeness (QED) is 0.829. The Labute approximate surface area is 159 Å². The molecule has 1 aromatic carbocycles. The van der Waals surface area contributed by atoms with E-state index < -0.39 is 0 Å². The highest BCUT2D eigenvalue weighted by molar-refractivity contribution is 7.71. The lowest BCUT2D eigenvalue weighted by atomic mass is 9.78. The molecule has 2 fully saturated rings. The Bertz CT molecular complexity index is 810. The van der Waals surface area contributed by atoms with Gasteiger partial charge in [-0.3, -0.25) is 0 Å². The maximum atomic E-state index is 6.37. The first-order valence-electron chi connectivity index (χ1n) is 9.38. The first-order chi connectivity index (χ1) is 12.1. The number of hydrogen-bond acceptors (Lipinski definition) is 2. The number of quaternary nitrogens is 1. The zero-order valence-corrected chi connectivity index (χ0v) is 16.3. The van der Waals surface area contributed by atoms with Crippen LogP contribution in [0, 0.1) is 10.7 Å². The third kappa shape index (κ3) is 3.29. The number of piperidine rings is 1. The van der Waals surface area contributed by atoms with Crippen molar-refractivity contribution in [3.63, 3.8) is 0 Å². The van der Waals surface area contributed by atoms with Crippen LogP contribution >= 0.6 is 23.8 Å². The average molecular weight is 378 g/mol. The second kappa shape index (κ2) is 7.22. The maximum Gasteiger partial charge on any atom is 0.202 e. The highest BCUT2D eigenvalue weighted by atomic mass is 35.5. The molecule has 1 saturated carbocycles. The van der Waals surface area contributed by atoms with Crippen LogP contribution < -0.4 is 4.90 Å². The molecule has 1 unspecified atom stereocenters. The monoisotopic (exact) mass is 377 g/mol. The molecule has 4 nitrogen and oxygen atoms in total. The summed E-state index contributed by atoms with van der Waals surface area (Å²) >= 11 is 12.1. The first kappa shape index (κ1) is 17.3. The standard InChI is InChI=1S/C19H25ClN4S/c1-22-18(15-9-3-4-10-16(15)20)21-24(19(22)25)13-23-12-6-8-14-7-2-5-11-17(14)23/h3-4,9-10,14,17H,2,5-8,11-13H2,1H3/p+1/t14-,17+/m1/s1. The van der Waals surface area contributed by atoms with Gasteiger partial charge in [0.2, 0.25) is 4.77 Å². The predicted octanol–water partition coefficient (Wildman–Crippen LogP) is 3.47. The van der Waals surface area contributed by atoms with E-state index in [0.29, 0.717) is 0 Å². The van der Waals surface area contributed by atoms with Crippen LogP contribution in [0.15, 0.2) is 24.3 Å². The zero-order chi connectivity index (χ0) is 17.4. The van der Waals surface area contributed by atoms with Crippen molar-refractivity contribution in [2.45, 2.75) is 51.2 Å². The van der Waals surface area contributed by atoms with Gasteiger partial charge in [0.25, 0.3) is 0 Å². The van der Waals surface area contributed by atoms with Gasteiger partial charge in [0, 0.05) is 18.5 Å². The Kier molecular flexibility index (Phi) is 4.98. The summed E-state index contributed by atoms with van der Waals surface area (Å²) in [6.07, 6.45) is 8.29. The minimum absolute atomic E-state index is 0.718. The van der Waals surface area contributed by atoms with Crippen LogP contribution in [-0.2, 0) is 13.7 Å². The van der Waals surface area contributed by atoms with Gasteiger partial charge in [-0.1, -0.05) is 30.2 Å². The Balaban J connectivity index is 1.62. The van der Waals surface area contributed by atoms with Crippen molar-refractivity contribution in [1.82, 2.24) is 14.3 Å². The summed E-state index contributed by atoms with van der Waals surface area (Å²) < 4.78 is 4.78.